The van der Waals surface area contributed by atoms with Crippen molar-refractivity contribution in [3.8, 4) is 5.75 Å². The van der Waals surface area contributed by atoms with Crippen molar-refractivity contribution in [3.05, 3.63) is 94.3 Å². The van der Waals surface area contributed by atoms with Crippen LogP contribution in [0.3, 0.4) is 0 Å². The number of imidazole rings is 1. The summed E-state index contributed by atoms with van der Waals surface area (Å²) in [6.45, 7) is 5.82. The van der Waals surface area contributed by atoms with Gasteiger partial charge in [-0.3, -0.25) is 4.79 Å². The first-order chi connectivity index (χ1) is 16.5. The van der Waals surface area contributed by atoms with Crippen molar-refractivity contribution in [3.63, 3.8) is 0 Å². The van der Waals surface area contributed by atoms with Gasteiger partial charge in [0.25, 0.3) is 0 Å². The first kappa shape index (κ1) is 23.8. The normalized spacial score (nSPS) is 11.0. The molecule has 0 saturated heterocycles. The molecule has 0 saturated carbocycles. The molecule has 0 bridgehead atoms. The predicted octanol–water partition coefficient (Wildman–Crippen LogP) is 5.68. The van der Waals surface area contributed by atoms with Crippen molar-refractivity contribution in [2.24, 2.45) is 0 Å². The number of amides is 1. The van der Waals surface area contributed by atoms with Gasteiger partial charge in [-0.2, -0.15) is 0 Å². The number of ether oxygens (including phenoxy) is 1. The molecule has 0 aliphatic carbocycles. The van der Waals surface area contributed by atoms with Crippen LogP contribution in [0.15, 0.2) is 66.7 Å². The topological polar surface area (TPSA) is 56.1 Å². The van der Waals surface area contributed by atoms with E-state index in [9.17, 15) is 4.79 Å². The van der Waals surface area contributed by atoms with Gasteiger partial charge in [0, 0.05) is 18.0 Å². The van der Waals surface area contributed by atoms with Crippen LogP contribution in [0.25, 0.3) is 11.0 Å². The molecule has 3 aromatic carbocycles. The zero-order valence-corrected chi connectivity index (χ0v) is 20.4. The van der Waals surface area contributed by atoms with E-state index < -0.39 is 0 Å². The first-order valence-corrected chi connectivity index (χ1v) is 12.0. The van der Waals surface area contributed by atoms with E-state index in [1.807, 2.05) is 74.5 Å². The summed E-state index contributed by atoms with van der Waals surface area (Å²) in [7, 11) is 0. The van der Waals surface area contributed by atoms with Gasteiger partial charge in [0.1, 0.15) is 18.2 Å². The highest BCUT2D eigenvalue weighted by molar-refractivity contribution is 6.32. The van der Waals surface area contributed by atoms with Crippen LogP contribution in [0.4, 0.5) is 0 Å². The molecule has 1 heterocycles. The summed E-state index contributed by atoms with van der Waals surface area (Å²) in [5.74, 6) is 1.87. The molecule has 5 nitrogen and oxygen atoms in total. The zero-order valence-electron chi connectivity index (χ0n) is 19.7. The Morgan fingerprint density at radius 1 is 1.03 bits per heavy atom. The Balaban J connectivity index is 1.35. The number of rotatable bonds is 10. The van der Waals surface area contributed by atoms with E-state index in [0.717, 1.165) is 57.2 Å². The summed E-state index contributed by atoms with van der Waals surface area (Å²) >= 11 is 6.28. The number of hydrogen-bond donors (Lipinski definition) is 1. The fourth-order valence-electron chi connectivity index (χ4n) is 4.13. The number of nitrogens with one attached hydrogen (secondary N) is 1. The van der Waals surface area contributed by atoms with Crippen molar-refractivity contribution in [1.29, 1.82) is 0 Å². The molecule has 176 valence electrons. The maximum absolute atomic E-state index is 12.2. The molecule has 0 aliphatic heterocycles. The molecule has 4 aromatic rings. The van der Waals surface area contributed by atoms with E-state index in [2.05, 4.69) is 16.0 Å². The van der Waals surface area contributed by atoms with Crippen LogP contribution >= 0.6 is 11.6 Å². The molecule has 34 heavy (non-hydrogen) atoms. The molecule has 1 aromatic heterocycles. The average molecular weight is 476 g/mol. The number of carbonyl (C=O) groups excluding carboxylic acids is 1. The Labute approximate surface area is 205 Å². The van der Waals surface area contributed by atoms with Crippen molar-refractivity contribution < 1.29 is 9.53 Å². The summed E-state index contributed by atoms with van der Waals surface area (Å²) in [6, 6.07) is 21.9. The first-order valence-electron chi connectivity index (χ1n) is 11.7. The fourth-order valence-corrected chi connectivity index (χ4v) is 4.24. The van der Waals surface area contributed by atoms with Crippen LogP contribution in [0.5, 0.6) is 5.75 Å². The van der Waals surface area contributed by atoms with Crippen molar-refractivity contribution in [2.75, 3.05) is 13.2 Å². The Bertz CT molecular complexity index is 1240. The Morgan fingerprint density at radius 2 is 1.74 bits per heavy atom. The van der Waals surface area contributed by atoms with Crippen molar-refractivity contribution in [1.82, 2.24) is 14.9 Å². The number of para-hydroxylation sites is 2. The van der Waals surface area contributed by atoms with Crippen LogP contribution in [-0.2, 0) is 24.2 Å². The molecule has 0 radical (unpaired) electrons. The minimum atomic E-state index is 0.0432. The third-order valence-electron chi connectivity index (χ3n) is 5.83. The molecule has 0 unspecified atom stereocenters. The third kappa shape index (κ3) is 5.97. The predicted molar refractivity (Wildman–Crippen MR) is 138 cm³/mol. The lowest BCUT2D eigenvalue weighted by atomic mass is 10.1. The summed E-state index contributed by atoms with van der Waals surface area (Å²) < 4.78 is 8.27. The zero-order chi connectivity index (χ0) is 23.9. The highest BCUT2D eigenvalue weighted by atomic mass is 35.5. The second-order valence-corrected chi connectivity index (χ2v) is 8.88. The van der Waals surface area contributed by atoms with E-state index in [0.29, 0.717) is 26.1 Å². The Morgan fingerprint density at radius 3 is 2.50 bits per heavy atom. The van der Waals surface area contributed by atoms with E-state index in [4.69, 9.17) is 21.3 Å². The quantitative estimate of drug-likeness (QED) is 0.300. The Hall–Kier alpha value is -3.31. The highest BCUT2D eigenvalue weighted by Crippen LogP contribution is 2.26. The SMILES string of the molecule is Cc1cc(OCCn2c(CCCNC(=O)Cc3ccccc3)nc3ccccc32)cc(C)c1Cl. The second kappa shape index (κ2) is 11.2. The largest absolute Gasteiger partial charge is 0.492 e. The van der Waals surface area contributed by atoms with Crippen LogP contribution in [0, 0.1) is 13.8 Å². The average Bonchev–Trinajstić information content (AvgIpc) is 3.18. The summed E-state index contributed by atoms with van der Waals surface area (Å²) in [6.07, 6.45) is 2.00. The molecule has 0 spiro atoms. The number of hydrogen-bond acceptors (Lipinski definition) is 3. The number of aryl methyl sites for hydroxylation is 3. The van der Waals surface area contributed by atoms with E-state index in [-0.39, 0.29) is 5.91 Å². The van der Waals surface area contributed by atoms with Gasteiger partial charge in [0.15, 0.2) is 0 Å². The fraction of sp³-hybridized carbons (Fsp3) is 0.286. The minimum Gasteiger partial charge on any atom is -0.492 e. The van der Waals surface area contributed by atoms with Crippen molar-refractivity contribution in [2.45, 2.75) is 39.7 Å². The van der Waals surface area contributed by atoms with Crippen LogP contribution in [0.2, 0.25) is 5.02 Å². The van der Waals surface area contributed by atoms with Gasteiger partial charge in [-0.05, 0) is 61.2 Å². The summed E-state index contributed by atoms with van der Waals surface area (Å²) in [5, 5.41) is 3.81. The summed E-state index contributed by atoms with van der Waals surface area (Å²) in [5.41, 5.74) is 5.12. The van der Waals surface area contributed by atoms with Gasteiger partial charge < -0.3 is 14.6 Å². The molecule has 0 aliphatic rings. The van der Waals surface area contributed by atoms with Gasteiger partial charge in [0.2, 0.25) is 5.91 Å². The lowest BCUT2D eigenvalue weighted by Crippen LogP contribution is -2.26. The standard InChI is InChI=1S/C28H30ClN3O2/c1-20-17-23(18-21(2)28(20)29)34-16-15-32-25-12-7-6-11-24(25)31-26(32)13-8-14-30-27(33)19-22-9-4-3-5-10-22/h3-7,9-12,17-18H,8,13-16,19H2,1-2H3,(H,30,33). The lowest BCUT2D eigenvalue weighted by Gasteiger charge is -2.13. The molecule has 0 atom stereocenters. The van der Waals surface area contributed by atoms with E-state index >= 15 is 0 Å². The molecule has 1 N–H and O–H groups in total. The van der Waals surface area contributed by atoms with Gasteiger partial charge in [-0.15, -0.1) is 0 Å². The molecule has 4 rings (SSSR count). The van der Waals surface area contributed by atoms with Crippen LogP contribution < -0.4 is 10.1 Å². The van der Waals surface area contributed by atoms with Crippen LogP contribution in [0.1, 0.15) is 28.9 Å². The lowest BCUT2D eigenvalue weighted by molar-refractivity contribution is -0.120. The summed E-state index contributed by atoms with van der Waals surface area (Å²) in [4.78, 5) is 17.1. The van der Waals surface area contributed by atoms with Gasteiger partial charge in [-0.1, -0.05) is 54.1 Å². The van der Waals surface area contributed by atoms with Gasteiger partial charge >= 0.3 is 0 Å². The molecule has 6 heteroatoms. The molecule has 1 amide bonds. The van der Waals surface area contributed by atoms with Crippen LogP contribution in [-0.4, -0.2) is 28.6 Å². The van der Waals surface area contributed by atoms with Gasteiger partial charge in [-0.25, -0.2) is 4.98 Å². The second-order valence-electron chi connectivity index (χ2n) is 8.50. The number of nitrogens with zero attached hydrogens (tertiary/aromatic N) is 2. The number of aromatic nitrogens is 2. The number of benzene rings is 3. The molecular weight excluding hydrogens is 446 g/mol. The number of halogens is 1. The maximum atomic E-state index is 12.2. The van der Waals surface area contributed by atoms with Crippen molar-refractivity contribution >= 4 is 28.5 Å². The number of carbonyl (C=O) groups is 1. The Kier molecular flexibility index (Phi) is 7.86. The smallest absolute Gasteiger partial charge is 0.224 e. The third-order valence-corrected chi connectivity index (χ3v) is 6.43. The van der Waals surface area contributed by atoms with Gasteiger partial charge in [0.05, 0.1) is 24.0 Å². The molecular formula is C28H30ClN3O2. The number of fused-ring (bicyclic) bond motifs is 1. The molecule has 0 fully saturated rings. The maximum Gasteiger partial charge on any atom is 0.224 e. The monoisotopic (exact) mass is 475 g/mol. The highest BCUT2D eigenvalue weighted by Gasteiger charge is 2.11. The van der Waals surface area contributed by atoms with E-state index in [1.165, 1.54) is 0 Å². The van der Waals surface area contributed by atoms with E-state index in [1.54, 1.807) is 0 Å². The minimum absolute atomic E-state index is 0.0432.